The molecule has 0 aliphatic rings. The average Bonchev–Trinajstić information content (AvgIpc) is 2.15. The number of nitrogens with two attached hydrogens (primary N) is 1. The molecule has 0 heterocycles. The van der Waals surface area contributed by atoms with Gasteiger partial charge in [-0.2, -0.15) is 0 Å². The Morgan fingerprint density at radius 2 is 2.00 bits per heavy atom. The lowest BCUT2D eigenvalue weighted by Crippen LogP contribution is -2.13. The van der Waals surface area contributed by atoms with Crippen LogP contribution in [0.15, 0.2) is 29.4 Å². The predicted molar refractivity (Wildman–Crippen MR) is 53.5 cm³/mol. The average molecular weight is 178 g/mol. The van der Waals surface area contributed by atoms with Crippen molar-refractivity contribution in [3.8, 4) is 0 Å². The molecule has 3 heteroatoms. The summed E-state index contributed by atoms with van der Waals surface area (Å²) >= 11 is 0. The highest BCUT2D eigenvalue weighted by Crippen LogP contribution is 2.02. The fraction of sp³-hybridized carbons (Fsp3) is 0.300. The fourth-order valence-electron chi connectivity index (χ4n) is 0.911. The Kier molecular flexibility index (Phi) is 3.31. The summed E-state index contributed by atoms with van der Waals surface area (Å²) in [6, 6.07) is 7.83. The van der Waals surface area contributed by atoms with Crippen molar-refractivity contribution < 1.29 is 4.84 Å². The molecular formula is C10H14N2O. The largest absolute Gasteiger partial charge is 0.394 e. The molecule has 0 atom stereocenters. The number of rotatable bonds is 3. The molecule has 0 amide bonds. The minimum absolute atomic E-state index is 0.418. The maximum Gasteiger partial charge on any atom is 0.170 e. The lowest BCUT2D eigenvalue weighted by Gasteiger charge is -2.00. The maximum atomic E-state index is 5.66. The van der Waals surface area contributed by atoms with E-state index in [0.717, 1.165) is 5.56 Å². The van der Waals surface area contributed by atoms with Crippen molar-refractivity contribution in [3.63, 3.8) is 0 Å². The molecule has 13 heavy (non-hydrogen) atoms. The number of benzene rings is 1. The molecule has 0 unspecified atom stereocenters. The lowest BCUT2D eigenvalue weighted by molar-refractivity contribution is 0.158. The van der Waals surface area contributed by atoms with Gasteiger partial charge in [0.2, 0.25) is 0 Å². The van der Waals surface area contributed by atoms with Crippen molar-refractivity contribution >= 4 is 5.84 Å². The van der Waals surface area contributed by atoms with Gasteiger partial charge >= 0.3 is 0 Å². The third-order valence-corrected chi connectivity index (χ3v) is 1.64. The van der Waals surface area contributed by atoms with Gasteiger partial charge in [0.05, 0.1) is 0 Å². The second-order valence-corrected chi connectivity index (χ2v) is 2.76. The normalized spacial score (nSPS) is 11.4. The van der Waals surface area contributed by atoms with E-state index in [1.807, 2.05) is 38.1 Å². The van der Waals surface area contributed by atoms with Crippen LogP contribution in [-0.4, -0.2) is 12.4 Å². The van der Waals surface area contributed by atoms with Gasteiger partial charge in [0.1, 0.15) is 6.61 Å². The van der Waals surface area contributed by atoms with Gasteiger partial charge in [0.15, 0.2) is 5.84 Å². The monoisotopic (exact) mass is 178 g/mol. The Morgan fingerprint density at radius 1 is 1.38 bits per heavy atom. The number of nitrogens with zero attached hydrogens (tertiary/aromatic N) is 1. The molecule has 1 aromatic rings. The molecule has 0 spiro atoms. The topological polar surface area (TPSA) is 47.6 Å². The smallest absolute Gasteiger partial charge is 0.170 e. The van der Waals surface area contributed by atoms with Gasteiger partial charge in [-0.05, 0) is 13.8 Å². The molecule has 0 saturated heterocycles. The molecular weight excluding hydrogens is 164 g/mol. The maximum absolute atomic E-state index is 5.66. The Hall–Kier alpha value is -1.51. The molecule has 0 radical (unpaired) electrons. The molecule has 1 aromatic carbocycles. The molecule has 0 bridgehead atoms. The van der Waals surface area contributed by atoms with Gasteiger partial charge in [0, 0.05) is 5.56 Å². The van der Waals surface area contributed by atoms with Crippen LogP contribution in [0, 0.1) is 6.92 Å². The highest BCUT2D eigenvalue weighted by molar-refractivity contribution is 5.97. The Morgan fingerprint density at radius 3 is 2.54 bits per heavy atom. The first-order valence-corrected chi connectivity index (χ1v) is 4.26. The van der Waals surface area contributed by atoms with Crippen LogP contribution in [0.2, 0.25) is 0 Å². The third-order valence-electron chi connectivity index (χ3n) is 1.64. The van der Waals surface area contributed by atoms with E-state index >= 15 is 0 Å². The van der Waals surface area contributed by atoms with Crippen molar-refractivity contribution in [2.75, 3.05) is 6.61 Å². The van der Waals surface area contributed by atoms with Crippen LogP contribution in [0.1, 0.15) is 18.1 Å². The first-order chi connectivity index (χ1) is 6.24. The Labute approximate surface area is 78.2 Å². The van der Waals surface area contributed by atoms with Crippen LogP contribution in [-0.2, 0) is 4.84 Å². The van der Waals surface area contributed by atoms with Gasteiger partial charge in [-0.15, -0.1) is 0 Å². The van der Waals surface area contributed by atoms with Crippen molar-refractivity contribution in [2.24, 2.45) is 10.9 Å². The zero-order valence-corrected chi connectivity index (χ0v) is 7.95. The van der Waals surface area contributed by atoms with Crippen LogP contribution in [0.4, 0.5) is 0 Å². The molecule has 1 rings (SSSR count). The van der Waals surface area contributed by atoms with Gasteiger partial charge < -0.3 is 10.6 Å². The zero-order valence-electron chi connectivity index (χ0n) is 7.95. The number of oxime groups is 1. The summed E-state index contributed by atoms with van der Waals surface area (Å²) in [5.41, 5.74) is 7.75. The van der Waals surface area contributed by atoms with Crippen molar-refractivity contribution in [1.82, 2.24) is 0 Å². The van der Waals surface area contributed by atoms with Gasteiger partial charge in [-0.3, -0.25) is 0 Å². The van der Waals surface area contributed by atoms with Crippen molar-refractivity contribution in [3.05, 3.63) is 35.4 Å². The summed E-state index contributed by atoms with van der Waals surface area (Å²) in [7, 11) is 0. The van der Waals surface area contributed by atoms with E-state index < -0.39 is 0 Å². The second kappa shape index (κ2) is 4.50. The van der Waals surface area contributed by atoms with E-state index in [1.54, 1.807) is 0 Å². The summed E-state index contributed by atoms with van der Waals surface area (Å²) in [5.74, 6) is 0.418. The van der Waals surface area contributed by atoms with E-state index in [2.05, 4.69) is 5.16 Å². The van der Waals surface area contributed by atoms with Gasteiger partial charge in [-0.1, -0.05) is 35.0 Å². The van der Waals surface area contributed by atoms with E-state index in [9.17, 15) is 0 Å². The molecule has 70 valence electrons. The summed E-state index contributed by atoms with van der Waals surface area (Å²) in [6.07, 6.45) is 0. The SMILES string of the molecule is CCO/N=C(\N)c1ccc(C)cc1. The minimum atomic E-state index is 0.418. The number of amidine groups is 1. The van der Waals surface area contributed by atoms with Crippen molar-refractivity contribution in [1.29, 1.82) is 0 Å². The number of aryl methyl sites for hydroxylation is 1. The molecule has 3 nitrogen and oxygen atoms in total. The van der Waals surface area contributed by atoms with E-state index in [1.165, 1.54) is 5.56 Å². The molecule has 0 aliphatic carbocycles. The summed E-state index contributed by atoms with van der Waals surface area (Å²) < 4.78 is 0. The summed E-state index contributed by atoms with van der Waals surface area (Å²) in [5, 5.41) is 3.74. The molecule has 0 saturated carbocycles. The highest BCUT2D eigenvalue weighted by Gasteiger charge is 1.96. The minimum Gasteiger partial charge on any atom is -0.394 e. The number of hydrogen-bond acceptors (Lipinski definition) is 2. The first-order valence-electron chi connectivity index (χ1n) is 4.26. The van der Waals surface area contributed by atoms with Crippen LogP contribution in [0.25, 0.3) is 0 Å². The zero-order chi connectivity index (χ0) is 9.68. The van der Waals surface area contributed by atoms with Crippen LogP contribution in [0.3, 0.4) is 0 Å². The predicted octanol–water partition coefficient (Wildman–Crippen LogP) is 1.65. The van der Waals surface area contributed by atoms with E-state index in [0.29, 0.717) is 12.4 Å². The second-order valence-electron chi connectivity index (χ2n) is 2.76. The number of hydrogen-bond donors (Lipinski definition) is 1. The van der Waals surface area contributed by atoms with Gasteiger partial charge in [-0.25, -0.2) is 0 Å². The molecule has 0 aromatic heterocycles. The quantitative estimate of drug-likeness (QED) is 0.434. The highest BCUT2D eigenvalue weighted by atomic mass is 16.6. The van der Waals surface area contributed by atoms with Gasteiger partial charge in [0.25, 0.3) is 0 Å². The van der Waals surface area contributed by atoms with E-state index in [4.69, 9.17) is 10.6 Å². The molecule has 0 aliphatic heterocycles. The van der Waals surface area contributed by atoms with E-state index in [-0.39, 0.29) is 0 Å². The first kappa shape index (κ1) is 9.58. The van der Waals surface area contributed by atoms with Crippen LogP contribution >= 0.6 is 0 Å². The molecule has 0 fully saturated rings. The molecule has 2 N–H and O–H groups in total. The summed E-state index contributed by atoms with van der Waals surface area (Å²) in [6.45, 7) is 4.43. The van der Waals surface area contributed by atoms with Crippen LogP contribution < -0.4 is 5.73 Å². The third kappa shape index (κ3) is 2.78. The fourth-order valence-corrected chi connectivity index (χ4v) is 0.911. The lowest BCUT2D eigenvalue weighted by atomic mass is 10.1. The standard InChI is InChI=1S/C10H14N2O/c1-3-13-12-10(11)9-6-4-8(2)5-7-9/h4-7H,3H2,1-2H3,(H2,11,12). The Balaban J connectivity index is 2.77. The van der Waals surface area contributed by atoms with Crippen LogP contribution in [0.5, 0.6) is 0 Å². The van der Waals surface area contributed by atoms with Crippen molar-refractivity contribution in [2.45, 2.75) is 13.8 Å². The summed E-state index contributed by atoms with van der Waals surface area (Å²) in [4.78, 5) is 4.84. The Bertz CT molecular complexity index is 290.